The Labute approximate surface area is 37.6 Å². The van der Waals surface area contributed by atoms with E-state index in [1.54, 1.807) is 0 Å². The van der Waals surface area contributed by atoms with Crippen molar-refractivity contribution in [2.75, 3.05) is 0 Å². The number of hydrogen-bond donors (Lipinski definition) is 0. The first-order valence-electron chi connectivity index (χ1n) is 0.567. The molecule has 0 nitrogen and oxygen atoms in total. The molecule has 5 heavy (non-hydrogen) atoms. The van der Waals surface area contributed by atoms with Gasteiger partial charge in [-0.15, -0.1) is 0 Å². The van der Waals surface area contributed by atoms with E-state index in [2.05, 4.69) is 0 Å². The minimum absolute atomic E-state index is 0. The van der Waals surface area contributed by atoms with Gasteiger partial charge in [0.2, 0.25) is 0 Å². The summed E-state index contributed by atoms with van der Waals surface area (Å²) in [5.74, 6) is 0. The summed E-state index contributed by atoms with van der Waals surface area (Å²) in [5.41, 5.74) is 0. The second-order valence-corrected chi connectivity index (χ2v) is 0.214. The predicted octanol–water partition coefficient (Wildman–Crippen LogP) is 1.34. The average molecular weight is 128 g/mol. The first-order valence-corrected chi connectivity index (χ1v) is 0.567. The molecular formula is CCoF3+. The minimum atomic E-state index is -3.08. The molecule has 0 bridgehead atoms. The molecule has 0 N–H and O–H groups in total. The summed E-state index contributed by atoms with van der Waals surface area (Å²) in [5, 5.41) is 0. The van der Waals surface area contributed by atoms with E-state index in [-0.39, 0.29) is 16.8 Å². The van der Waals surface area contributed by atoms with E-state index in [0.717, 1.165) is 0 Å². The Balaban J connectivity index is 0. The fourth-order valence-corrected chi connectivity index (χ4v) is 0. The molecule has 0 saturated carbocycles. The van der Waals surface area contributed by atoms with E-state index in [4.69, 9.17) is 0 Å². The van der Waals surface area contributed by atoms with E-state index < -0.39 is 6.68 Å². The van der Waals surface area contributed by atoms with Crippen molar-refractivity contribution >= 4 is 0 Å². The fraction of sp³-hybridized carbons (Fsp3) is 0. The normalized spacial score (nSPS) is 7.20. The summed E-state index contributed by atoms with van der Waals surface area (Å²) in [6, 6.07) is 0. The van der Waals surface area contributed by atoms with Gasteiger partial charge in [0.15, 0.2) is 6.68 Å². The minimum Gasteiger partial charge on any atom is -0.385 e. The zero-order valence-electron chi connectivity index (χ0n) is 1.97. The molecule has 0 amide bonds. The van der Waals surface area contributed by atoms with Gasteiger partial charge in [-0.1, -0.05) is 0 Å². The van der Waals surface area contributed by atoms with Crippen molar-refractivity contribution in [3.05, 3.63) is 6.68 Å². The van der Waals surface area contributed by atoms with Crippen molar-refractivity contribution in [2.24, 2.45) is 0 Å². The molecule has 1 radical (unpaired) electrons. The Hall–Kier alpha value is 0.296. The van der Waals surface area contributed by atoms with Crippen LogP contribution < -0.4 is 0 Å². The van der Waals surface area contributed by atoms with E-state index in [0.29, 0.717) is 0 Å². The van der Waals surface area contributed by atoms with Gasteiger partial charge in [0.25, 0.3) is 0 Å². The largest absolute Gasteiger partial charge is 2.00 e. The Bertz CT molecular complexity index is 11.6. The second kappa shape index (κ2) is 4.30. The van der Waals surface area contributed by atoms with Gasteiger partial charge in [0.05, 0.1) is 0 Å². The average Bonchev–Trinajstić information content (AvgIpc) is 0.811. The van der Waals surface area contributed by atoms with Crippen molar-refractivity contribution in [3.63, 3.8) is 0 Å². The summed E-state index contributed by atoms with van der Waals surface area (Å²) >= 11 is 0. The smallest absolute Gasteiger partial charge is 0.385 e. The number of halogens is 3. The molecule has 0 aliphatic rings. The van der Waals surface area contributed by atoms with Crippen molar-refractivity contribution in [1.29, 1.82) is 0 Å². The molecule has 0 spiro atoms. The van der Waals surface area contributed by atoms with E-state index in [1.165, 1.54) is 0 Å². The van der Waals surface area contributed by atoms with Crippen LogP contribution in [-0.2, 0) is 16.8 Å². The first kappa shape index (κ1) is 9.00. The maximum absolute atomic E-state index is 9.58. The third-order valence-electron chi connectivity index (χ3n) is 0. The molecule has 0 aromatic rings. The van der Waals surface area contributed by atoms with Gasteiger partial charge >= 0.3 is 16.8 Å². The monoisotopic (exact) mass is 128 g/mol. The molecule has 0 unspecified atom stereocenters. The maximum Gasteiger partial charge on any atom is 2.00 e. The van der Waals surface area contributed by atoms with Gasteiger partial charge in [-0.05, 0) is 0 Å². The zero-order valence-corrected chi connectivity index (χ0v) is 3.01. The van der Waals surface area contributed by atoms with E-state index in [1.807, 2.05) is 0 Å². The molecule has 0 fully saturated rings. The number of rotatable bonds is 0. The quantitative estimate of drug-likeness (QED) is 0.431. The van der Waals surface area contributed by atoms with Crippen molar-refractivity contribution in [2.45, 2.75) is 0 Å². The summed E-state index contributed by atoms with van der Waals surface area (Å²) in [4.78, 5) is 0. The second-order valence-electron chi connectivity index (χ2n) is 0.214. The number of hydrogen-bond acceptors (Lipinski definition) is 0. The third-order valence-corrected chi connectivity index (χ3v) is 0. The molecule has 0 atom stereocenters. The Kier molecular flexibility index (Phi) is 7.73. The van der Waals surface area contributed by atoms with Crippen molar-refractivity contribution in [3.8, 4) is 0 Å². The van der Waals surface area contributed by atoms with Crippen LogP contribution in [0.4, 0.5) is 13.2 Å². The maximum atomic E-state index is 9.58. The molecule has 0 rings (SSSR count). The van der Waals surface area contributed by atoms with Crippen LogP contribution in [0.25, 0.3) is 0 Å². The van der Waals surface area contributed by atoms with Crippen LogP contribution in [0, 0.1) is 6.68 Å². The molecule has 0 aliphatic heterocycles. The predicted molar refractivity (Wildman–Crippen MR) is 6.57 cm³/mol. The van der Waals surface area contributed by atoms with Crippen LogP contribution in [0.5, 0.6) is 0 Å². The summed E-state index contributed by atoms with van der Waals surface area (Å²) in [6.07, 6.45) is 0. The molecular weight excluding hydrogens is 128 g/mol. The SMILES string of the molecule is F[C-](F)F.[Co+2]. The van der Waals surface area contributed by atoms with Crippen molar-refractivity contribution in [1.82, 2.24) is 0 Å². The zero-order chi connectivity index (χ0) is 3.58. The van der Waals surface area contributed by atoms with Gasteiger partial charge in [-0.25, -0.2) is 0 Å². The molecule has 0 saturated heterocycles. The van der Waals surface area contributed by atoms with Crippen LogP contribution >= 0.6 is 0 Å². The van der Waals surface area contributed by atoms with E-state index >= 15 is 0 Å². The molecule has 0 aromatic heterocycles. The Morgan fingerprint density at radius 2 is 1.00 bits per heavy atom. The van der Waals surface area contributed by atoms with Crippen LogP contribution in [0.2, 0.25) is 0 Å². The summed E-state index contributed by atoms with van der Waals surface area (Å²) < 4.78 is 28.8. The molecule has 4 heteroatoms. The van der Waals surface area contributed by atoms with Crippen LogP contribution in [0.15, 0.2) is 0 Å². The van der Waals surface area contributed by atoms with Crippen molar-refractivity contribution < 1.29 is 30.0 Å². The van der Waals surface area contributed by atoms with Crippen LogP contribution in [0.1, 0.15) is 0 Å². The fourth-order valence-electron chi connectivity index (χ4n) is 0. The first-order chi connectivity index (χ1) is 1.73. The van der Waals surface area contributed by atoms with Gasteiger partial charge in [0.1, 0.15) is 0 Å². The standard InChI is InChI=1S/CF3.Co/c2-1(3)4;/q-1;+2. The Morgan fingerprint density at radius 1 is 1.00 bits per heavy atom. The summed E-state index contributed by atoms with van der Waals surface area (Å²) in [6.45, 7) is -3.08. The molecule has 0 aliphatic carbocycles. The molecule has 0 heterocycles. The van der Waals surface area contributed by atoms with Crippen LogP contribution in [-0.4, -0.2) is 0 Å². The molecule has 0 aromatic carbocycles. The van der Waals surface area contributed by atoms with Gasteiger partial charge < -0.3 is 13.2 Å². The topological polar surface area (TPSA) is 0 Å². The van der Waals surface area contributed by atoms with Gasteiger partial charge in [-0.2, -0.15) is 0 Å². The van der Waals surface area contributed by atoms with Gasteiger partial charge in [-0.3, -0.25) is 0 Å². The summed E-state index contributed by atoms with van der Waals surface area (Å²) in [7, 11) is 0. The van der Waals surface area contributed by atoms with E-state index in [9.17, 15) is 13.2 Å². The Morgan fingerprint density at radius 3 is 1.00 bits per heavy atom. The van der Waals surface area contributed by atoms with Crippen LogP contribution in [0.3, 0.4) is 0 Å². The third kappa shape index (κ3) is 258. The molecule has 33 valence electrons. The van der Waals surface area contributed by atoms with Gasteiger partial charge in [0, 0.05) is 0 Å².